The van der Waals surface area contributed by atoms with E-state index in [1.807, 2.05) is 0 Å². The van der Waals surface area contributed by atoms with E-state index in [1.165, 1.54) is 12.1 Å². The number of rotatable bonds is 2. The van der Waals surface area contributed by atoms with Gasteiger partial charge < -0.3 is 14.5 Å². The SMILES string of the molecule is OSc1ccc(C(O)=[OH+])cc1. The summed E-state index contributed by atoms with van der Waals surface area (Å²) in [5.41, 5.74) is 0.336. The predicted molar refractivity (Wildman–Crippen MR) is 43.6 cm³/mol. The molecule has 3 N–H and O–H groups in total. The lowest BCUT2D eigenvalue weighted by atomic mass is 10.2. The topological polar surface area (TPSA) is 61.9 Å². The zero-order chi connectivity index (χ0) is 8.27. The second-order valence-electron chi connectivity index (χ2n) is 1.94. The van der Waals surface area contributed by atoms with Gasteiger partial charge in [0.15, 0.2) is 0 Å². The summed E-state index contributed by atoms with van der Waals surface area (Å²) in [5, 5.41) is 8.59. The molecule has 0 spiro atoms. The molecule has 58 valence electrons. The van der Waals surface area contributed by atoms with Gasteiger partial charge >= 0.3 is 5.97 Å². The molecular formula is C7H7O3S+. The number of hydrogen-bond donors (Lipinski definition) is 2. The molecule has 0 aliphatic heterocycles. The number of hydrogen-bond acceptors (Lipinski definition) is 2. The van der Waals surface area contributed by atoms with Crippen LogP contribution < -0.4 is 0 Å². The lowest BCUT2D eigenvalue weighted by Crippen LogP contribution is -1.96. The molecule has 0 radical (unpaired) electrons. The molecule has 4 heteroatoms. The van der Waals surface area contributed by atoms with Crippen LogP contribution in [0.2, 0.25) is 0 Å². The molecule has 0 amide bonds. The van der Waals surface area contributed by atoms with E-state index in [0.717, 1.165) is 0 Å². The first-order valence-corrected chi connectivity index (χ1v) is 3.68. The molecule has 0 heterocycles. The van der Waals surface area contributed by atoms with Crippen molar-refractivity contribution in [2.24, 2.45) is 0 Å². The van der Waals surface area contributed by atoms with Crippen molar-refractivity contribution in [1.82, 2.24) is 0 Å². The Kier molecular flexibility index (Phi) is 2.51. The molecule has 0 fully saturated rings. The second-order valence-corrected chi connectivity index (χ2v) is 2.59. The smallest absolute Gasteiger partial charge is 0.335 e. The van der Waals surface area contributed by atoms with Crippen molar-refractivity contribution >= 4 is 18.0 Å². The molecule has 0 bridgehead atoms. The van der Waals surface area contributed by atoms with Crippen molar-refractivity contribution in [3.05, 3.63) is 29.8 Å². The van der Waals surface area contributed by atoms with Gasteiger partial charge in [-0.1, -0.05) is 0 Å². The number of aromatic carboxylic acids is 1. The molecule has 1 rings (SSSR count). The fourth-order valence-corrected chi connectivity index (χ4v) is 0.923. The molecule has 1 aromatic carbocycles. The Labute approximate surface area is 67.9 Å². The van der Waals surface area contributed by atoms with Crippen LogP contribution in [-0.2, 0) is 0 Å². The highest BCUT2D eigenvalue weighted by molar-refractivity contribution is 7.93. The van der Waals surface area contributed by atoms with E-state index in [1.54, 1.807) is 12.1 Å². The van der Waals surface area contributed by atoms with Crippen LogP contribution in [0, 0.1) is 0 Å². The van der Waals surface area contributed by atoms with Crippen LogP contribution in [0.25, 0.3) is 0 Å². The summed E-state index contributed by atoms with van der Waals surface area (Å²) in [5.74, 6) is -0.709. The van der Waals surface area contributed by atoms with Gasteiger partial charge in [0.2, 0.25) is 0 Å². The molecule has 0 atom stereocenters. The molecule has 3 nitrogen and oxygen atoms in total. The van der Waals surface area contributed by atoms with Crippen molar-refractivity contribution in [2.45, 2.75) is 4.90 Å². The largest absolute Gasteiger partial charge is 0.515 e. The highest BCUT2D eigenvalue weighted by atomic mass is 32.2. The zero-order valence-electron chi connectivity index (χ0n) is 5.56. The normalized spacial score (nSPS) is 9.55. The van der Waals surface area contributed by atoms with Crippen LogP contribution in [0.15, 0.2) is 29.2 Å². The third kappa shape index (κ3) is 1.96. The minimum absolute atomic E-state index is 0.336. The van der Waals surface area contributed by atoms with Crippen LogP contribution in [0.3, 0.4) is 0 Å². The Balaban J connectivity index is 2.91. The van der Waals surface area contributed by atoms with Gasteiger partial charge in [0.25, 0.3) is 0 Å². The third-order valence-electron chi connectivity index (χ3n) is 1.22. The molecule has 0 saturated carbocycles. The number of carboxylic acid groups (broad SMARTS) is 1. The minimum Gasteiger partial charge on any atom is -0.335 e. The Morgan fingerprint density at radius 1 is 1.27 bits per heavy atom. The van der Waals surface area contributed by atoms with Gasteiger partial charge in [-0.3, -0.25) is 0 Å². The minimum atomic E-state index is -0.709. The predicted octanol–water partition coefficient (Wildman–Crippen LogP) is 1.66. The molecule has 0 aromatic heterocycles. The van der Waals surface area contributed by atoms with Gasteiger partial charge in [0.05, 0.1) is 0 Å². The van der Waals surface area contributed by atoms with Crippen LogP contribution in [0.1, 0.15) is 5.56 Å². The Morgan fingerprint density at radius 3 is 2.18 bits per heavy atom. The summed E-state index contributed by atoms with van der Waals surface area (Å²) in [7, 11) is 0. The lowest BCUT2D eigenvalue weighted by Gasteiger charge is -1.91. The average molecular weight is 171 g/mol. The van der Waals surface area contributed by atoms with Crippen molar-refractivity contribution < 1.29 is 14.5 Å². The molecule has 1 aromatic rings. The van der Waals surface area contributed by atoms with Crippen molar-refractivity contribution in [2.75, 3.05) is 0 Å². The standard InChI is InChI=1S/C7H6O3S/c8-7(9)5-1-3-6(11-10)4-2-5/h1-4,10H,(H,8,9)/p+1. The summed E-state index contributed by atoms with van der Waals surface area (Å²) in [6.07, 6.45) is 0. The lowest BCUT2D eigenvalue weighted by molar-refractivity contribution is 0.463. The first kappa shape index (κ1) is 8.10. The van der Waals surface area contributed by atoms with Gasteiger partial charge in [-0.05, 0) is 24.3 Å². The molecule has 0 aliphatic carbocycles. The maximum absolute atomic E-state index is 8.59. The Bertz CT molecular complexity index is 255. The number of carboxylic acids is 1. The Hall–Kier alpha value is -1.00. The molecule has 11 heavy (non-hydrogen) atoms. The van der Waals surface area contributed by atoms with Crippen LogP contribution in [0.5, 0.6) is 0 Å². The van der Waals surface area contributed by atoms with Gasteiger partial charge in [-0.2, -0.15) is 0 Å². The molecule has 0 saturated heterocycles. The number of benzene rings is 1. The maximum Gasteiger partial charge on any atom is 0.515 e. The van der Waals surface area contributed by atoms with E-state index in [0.29, 0.717) is 22.5 Å². The number of aliphatic hydroxyl groups excluding tert-OH is 1. The summed E-state index contributed by atoms with van der Waals surface area (Å²) in [6.45, 7) is 0. The zero-order valence-corrected chi connectivity index (χ0v) is 6.38. The van der Waals surface area contributed by atoms with E-state index >= 15 is 0 Å². The van der Waals surface area contributed by atoms with Crippen molar-refractivity contribution in [3.63, 3.8) is 0 Å². The van der Waals surface area contributed by atoms with Crippen LogP contribution in [-0.4, -0.2) is 20.4 Å². The van der Waals surface area contributed by atoms with E-state index in [9.17, 15) is 0 Å². The fraction of sp³-hybridized carbons (Fsp3) is 0. The second kappa shape index (κ2) is 3.41. The van der Waals surface area contributed by atoms with Gasteiger partial charge in [-0.25, -0.2) is 0 Å². The van der Waals surface area contributed by atoms with Gasteiger partial charge in [0.1, 0.15) is 5.56 Å². The first-order valence-electron chi connectivity index (χ1n) is 2.91. The third-order valence-corrected chi connectivity index (χ3v) is 1.70. The van der Waals surface area contributed by atoms with E-state index in [-0.39, 0.29) is 0 Å². The monoisotopic (exact) mass is 171 g/mol. The highest BCUT2D eigenvalue weighted by Gasteiger charge is 2.07. The highest BCUT2D eigenvalue weighted by Crippen LogP contribution is 2.13. The summed E-state index contributed by atoms with van der Waals surface area (Å²) < 4.78 is 8.55. The van der Waals surface area contributed by atoms with Crippen molar-refractivity contribution in [1.29, 1.82) is 0 Å². The average Bonchev–Trinajstić information content (AvgIpc) is 2.05. The molecule has 0 unspecified atom stereocenters. The summed E-state index contributed by atoms with van der Waals surface area (Å²) in [4.78, 5) is 9.25. The first-order chi connectivity index (χ1) is 5.24. The van der Waals surface area contributed by atoms with E-state index in [4.69, 9.17) is 14.5 Å². The summed E-state index contributed by atoms with van der Waals surface area (Å²) in [6, 6.07) is 6.20. The maximum atomic E-state index is 8.59. The quantitative estimate of drug-likeness (QED) is 0.525. The van der Waals surface area contributed by atoms with Gasteiger partial charge in [-0.15, -0.1) is 0 Å². The summed E-state index contributed by atoms with van der Waals surface area (Å²) >= 11 is 0.617. The van der Waals surface area contributed by atoms with Crippen molar-refractivity contribution in [3.8, 4) is 0 Å². The van der Waals surface area contributed by atoms with Gasteiger partial charge in [0, 0.05) is 16.9 Å². The van der Waals surface area contributed by atoms with Crippen LogP contribution in [0.4, 0.5) is 0 Å². The van der Waals surface area contributed by atoms with Crippen LogP contribution >= 0.6 is 12.0 Å². The van der Waals surface area contributed by atoms with E-state index < -0.39 is 5.97 Å². The molecular weight excluding hydrogens is 164 g/mol. The Morgan fingerprint density at radius 2 is 1.82 bits per heavy atom. The fourth-order valence-electron chi connectivity index (χ4n) is 0.665. The molecule has 0 aliphatic rings. The van der Waals surface area contributed by atoms with E-state index in [2.05, 4.69) is 0 Å².